The van der Waals surface area contributed by atoms with E-state index < -0.39 is 0 Å². The minimum Gasteiger partial charge on any atom is -0.0635 e. The molecule has 0 N–H and O–H groups in total. The first-order valence-electron chi connectivity index (χ1n) is 1.78. The first kappa shape index (κ1) is 6.70. The zero-order chi connectivity index (χ0) is 4.99. The van der Waals surface area contributed by atoms with Crippen LogP contribution in [0.15, 0.2) is 9.47 Å². The van der Waals surface area contributed by atoms with Crippen LogP contribution < -0.4 is 0 Å². The molecule has 0 spiro atoms. The van der Waals surface area contributed by atoms with Crippen LogP contribution in [0.2, 0.25) is 0 Å². The van der Waals surface area contributed by atoms with Crippen LogP contribution in [0.4, 0.5) is 0 Å². The van der Waals surface area contributed by atoms with Gasteiger partial charge >= 0.3 is 0 Å². The highest BCUT2D eigenvalue weighted by molar-refractivity contribution is 9.28. The van der Waals surface area contributed by atoms with Gasteiger partial charge in [0.2, 0.25) is 0 Å². The lowest BCUT2D eigenvalue weighted by molar-refractivity contribution is 1.23. The molecule has 0 aliphatic rings. The molecule has 0 aliphatic carbocycles. The minimum absolute atomic E-state index is 1.04. The third kappa shape index (κ3) is 4.70. The maximum Gasteiger partial charge on any atom is 0.0564 e. The third-order valence-electron chi connectivity index (χ3n) is 0.358. The zero-order valence-electron chi connectivity index (χ0n) is 3.54. The molecule has 0 rings (SSSR count). The van der Waals surface area contributed by atoms with Crippen LogP contribution in [0.3, 0.4) is 0 Å². The van der Waals surface area contributed by atoms with Gasteiger partial charge in [0.05, 0.1) is 3.39 Å². The number of hydrogen-bond acceptors (Lipinski definition) is 0. The fourth-order valence-corrected chi connectivity index (χ4v) is 0.802. The van der Waals surface area contributed by atoms with Crippen LogP contribution in [0.1, 0.15) is 13.3 Å². The first-order chi connectivity index (χ1) is 2.77. The third-order valence-corrected chi connectivity index (χ3v) is 1.01. The van der Waals surface area contributed by atoms with Crippen LogP contribution in [0.5, 0.6) is 0 Å². The normalized spacial score (nSPS) is 7.83. The van der Waals surface area contributed by atoms with Gasteiger partial charge in [-0.1, -0.05) is 13.0 Å². The van der Waals surface area contributed by atoms with Gasteiger partial charge in [0.1, 0.15) is 0 Å². The molecule has 0 fully saturated rings. The molecule has 0 saturated carbocycles. The Hall–Kier alpha value is 0.700. The first-order valence-corrected chi connectivity index (χ1v) is 3.37. The molecule has 6 heavy (non-hydrogen) atoms. The lowest BCUT2D eigenvalue weighted by atomic mass is 10.5. The molecule has 0 aliphatic heterocycles. The standard InChI is InChI=1S/C4H6Br2/c1-2-3-4(5)6/h3H,2H2,1H3. The maximum atomic E-state index is 3.21. The largest absolute Gasteiger partial charge is 0.0635 e. The van der Waals surface area contributed by atoms with Gasteiger partial charge < -0.3 is 0 Å². The average molecular weight is 214 g/mol. The second-order valence-electron chi connectivity index (χ2n) is 0.902. The topological polar surface area (TPSA) is 0 Å². The van der Waals surface area contributed by atoms with E-state index in [-0.39, 0.29) is 0 Å². The van der Waals surface area contributed by atoms with Crippen LogP contribution >= 0.6 is 31.9 Å². The molecule has 2 heteroatoms. The van der Waals surface area contributed by atoms with Crippen LogP contribution in [0.25, 0.3) is 0 Å². The van der Waals surface area contributed by atoms with Crippen molar-refractivity contribution in [1.82, 2.24) is 0 Å². The van der Waals surface area contributed by atoms with Crippen molar-refractivity contribution in [3.63, 3.8) is 0 Å². The van der Waals surface area contributed by atoms with Crippen molar-refractivity contribution in [1.29, 1.82) is 0 Å². The van der Waals surface area contributed by atoms with E-state index in [1.807, 2.05) is 6.08 Å². The van der Waals surface area contributed by atoms with E-state index in [0.717, 1.165) is 9.81 Å². The van der Waals surface area contributed by atoms with Gasteiger partial charge in [0.25, 0.3) is 0 Å². The lowest BCUT2D eigenvalue weighted by Gasteiger charge is -1.75. The van der Waals surface area contributed by atoms with E-state index in [9.17, 15) is 0 Å². The predicted octanol–water partition coefficient (Wildman–Crippen LogP) is 3.03. The van der Waals surface area contributed by atoms with Crippen molar-refractivity contribution in [2.24, 2.45) is 0 Å². The number of halogens is 2. The highest BCUT2D eigenvalue weighted by Gasteiger charge is 1.72. The predicted molar refractivity (Wildman–Crippen MR) is 36.2 cm³/mol. The Kier molecular flexibility index (Phi) is 4.33. The van der Waals surface area contributed by atoms with E-state index >= 15 is 0 Å². The van der Waals surface area contributed by atoms with E-state index in [4.69, 9.17) is 0 Å². The molecule has 0 amide bonds. The van der Waals surface area contributed by atoms with Gasteiger partial charge in [-0.25, -0.2) is 0 Å². The van der Waals surface area contributed by atoms with Crippen LogP contribution in [-0.4, -0.2) is 0 Å². The van der Waals surface area contributed by atoms with Crippen LogP contribution in [-0.2, 0) is 0 Å². The van der Waals surface area contributed by atoms with E-state index in [1.54, 1.807) is 0 Å². The smallest absolute Gasteiger partial charge is 0.0564 e. The molecule has 0 radical (unpaired) electrons. The molecule has 0 aromatic carbocycles. The number of hydrogen-bond donors (Lipinski definition) is 0. The molecule has 0 nitrogen and oxygen atoms in total. The second kappa shape index (κ2) is 3.88. The summed E-state index contributed by atoms with van der Waals surface area (Å²) in [5.41, 5.74) is 0. The van der Waals surface area contributed by atoms with Gasteiger partial charge in [-0.2, -0.15) is 0 Å². The van der Waals surface area contributed by atoms with E-state index in [0.29, 0.717) is 0 Å². The summed E-state index contributed by atoms with van der Waals surface area (Å²) in [6.45, 7) is 2.09. The molecule has 0 heterocycles. The van der Waals surface area contributed by atoms with Crippen LogP contribution in [0, 0.1) is 0 Å². The second-order valence-corrected chi connectivity index (χ2v) is 3.67. The highest BCUT2D eigenvalue weighted by Crippen LogP contribution is 2.12. The SMILES string of the molecule is CCC=C(Br)Br. The molecule has 0 aromatic rings. The Bertz CT molecular complexity index is 52.6. The summed E-state index contributed by atoms with van der Waals surface area (Å²) in [6, 6.07) is 0. The van der Waals surface area contributed by atoms with Gasteiger partial charge in [0, 0.05) is 0 Å². The molecule has 36 valence electrons. The summed E-state index contributed by atoms with van der Waals surface area (Å²) in [6.07, 6.45) is 3.12. The monoisotopic (exact) mass is 212 g/mol. The van der Waals surface area contributed by atoms with Crippen molar-refractivity contribution in [2.75, 3.05) is 0 Å². The maximum absolute atomic E-state index is 3.21. The van der Waals surface area contributed by atoms with E-state index in [2.05, 4.69) is 38.8 Å². The minimum atomic E-state index is 1.04. The molecule has 0 unspecified atom stereocenters. The highest BCUT2D eigenvalue weighted by atomic mass is 79.9. The molecule has 0 saturated heterocycles. The fraction of sp³-hybridized carbons (Fsp3) is 0.500. The summed E-state index contributed by atoms with van der Waals surface area (Å²) in [5, 5.41) is 0. The fourth-order valence-electron chi connectivity index (χ4n) is 0.154. The Morgan fingerprint density at radius 2 is 2.17 bits per heavy atom. The summed E-state index contributed by atoms with van der Waals surface area (Å²) in [5.74, 6) is 0. The average Bonchev–Trinajstić information content (AvgIpc) is 1.35. The van der Waals surface area contributed by atoms with Crippen molar-refractivity contribution in [3.8, 4) is 0 Å². The molecule has 0 atom stereocenters. The summed E-state index contributed by atoms with van der Waals surface area (Å²) >= 11 is 6.42. The Morgan fingerprint density at radius 1 is 1.67 bits per heavy atom. The van der Waals surface area contributed by atoms with Gasteiger partial charge in [-0.05, 0) is 38.3 Å². The van der Waals surface area contributed by atoms with Crippen molar-refractivity contribution in [3.05, 3.63) is 9.47 Å². The van der Waals surface area contributed by atoms with Crippen molar-refractivity contribution in [2.45, 2.75) is 13.3 Å². The number of rotatable bonds is 1. The Balaban J connectivity index is 3.14. The Morgan fingerprint density at radius 3 is 2.17 bits per heavy atom. The summed E-state index contributed by atoms with van der Waals surface area (Å²) < 4.78 is 1.04. The molecule has 0 bridgehead atoms. The Labute approximate surface area is 54.9 Å². The van der Waals surface area contributed by atoms with Crippen molar-refractivity contribution < 1.29 is 0 Å². The van der Waals surface area contributed by atoms with Crippen molar-refractivity contribution >= 4 is 31.9 Å². The summed E-state index contributed by atoms with van der Waals surface area (Å²) in [7, 11) is 0. The lowest BCUT2D eigenvalue weighted by Crippen LogP contribution is -1.48. The van der Waals surface area contributed by atoms with Gasteiger partial charge in [0.15, 0.2) is 0 Å². The molecular formula is C4H6Br2. The van der Waals surface area contributed by atoms with Gasteiger partial charge in [-0.15, -0.1) is 0 Å². The van der Waals surface area contributed by atoms with Gasteiger partial charge in [-0.3, -0.25) is 0 Å². The number of allylic oxidation sites excluding steroid dienone is 1. The zero-order valence-corrected chi connectivity index (χ0v) is 6.71. The summed E-state index contributed by atoms with van der Waals surface area (Å²) in [4.78, 5) is 0. The molecule has 0 aromatic heterocycles. The molecular weight excluding hydrogens is 208 g/mol. The quantitative estimate of drug-likeness (QED) is 0.629. The van der Waals surface area contributed by atoms with E-state index in [1.165, 1.54) is 0 Å².